The second-order valence-corrected chi connectivity index (χ2v) is 19.4. The van der Waals surface area contributed by atoms with Crippen molar-refractivity contribution in [3.63, 3.8) is 0 Å². The molecule has 7 aromatic rings. The van der Waals surface area contributed by atoms with E-state index in [4.69, 9.17) is 28.8 Å². The van der Waals surface area contributed by atoms with Gasteiger partial charge in [0.15, 0.2) is 11.6 Å². The van der Waals surface area contributed by atoms with E-state index in [9.17, 15) is 9.59 Å². The number of carbonyl (C=O) groups excluding carboxylic acids is 2. The Bertz CT molecular complexity index is 2940. The van der Waals surface area contributed by atoms with Crippen LogP contribution in [-0.2, 0) is 32.5 Å². The van der Waals surface area contributed by atoms with Crippen molar-refractivity contribution in [2.75, 3.05) is 44.7 Å². The number of rotatable bonds is 23. The highest BCUT2D eigenvalue weighted by atomic mass is 31.1. The van der Waals surface area contributed by atoms with E-state index in [1.165, 1.54) is 0 Å². The van der Waals surface area contributed by atoms with Gasteiger partial charge in [-0.1, -0.05) is 103 Å². The third-order valence-electron chi connectivity index (χ3n) is 13.2. The van der Waals surface area contributed by atoms with Gasteiger partial charge >= 0.3 is 0 Å². The Hall–Kier alpha value is -7.16. The molecule has 7 aromatic carbocycles. The lowest BCUT2D eigenvalue weighted by molar-refractivity contribution is -1.04. The smallest absolute Gasteiger partial charge is 0.273 e. The van der Waals surface area contributed by atoms with Gasteiger partial charge in [-0.15, -0.1) is 4.42 Å². The van der Waals surface area contributed by atoms with Gasteiger partial charge in [-0.2, -0.15) is 10.1 Å². The molecule has 1 aliphatic carbocycles. The lowest BCUT2D eigenvalue weighted by Crippen LogP contribution is -2.51. The molecule has 0 bridgehead atoms. The number of carbonyl (C=O) groups is 2. The summed E-state index contributed by atoms with van der Waals surface area (Å²) >= 11 is 0. The quantitative estimate of drug-likeness (QED) is 0.0277. The number of anilines is 4. The Morgan fingerprint density at radius 2 is 1.00 bits per heavy atom. The first-order valence-electron chi connectivity index (χ1n) is 24.4. The van der Waals surface area contributed by atoms with E-state index < -0.39 is 5.60 Å². The molecule has 1 unspecified atom stereocenters. The number of ether oxygens (including phenoxy) is 3. The summed E-state index contributed by atoms with van der Waals surface area (Å²) in [4.78, 5) is 35.0. The highest BCUT2D eigenvalue weighted by Gasteiger charge is 2.40. The number of methoxy groups -OCH3 is 2. The molecule has 0 spiro atoms. The fourth-order valence-corrected chi connectivity index (χ4v) is 10.3. The molecule has 2 N–H and O–H groups in total. The molecular weight excluding hydrogens is 920 g/mol. The molecule has 368 valence electrons. The van der Waals surface area contributed by atoms with E-state index in [2.05, 4.69) is 92.9 Å². The molecule has 0 amide bonds. The maximum Gasteiger partial charge on any atom is 0.273 e. The number of hydroxylamine groups is 2. The molecule has 12 heteroatoms. The van der Waals surface area contributed by atoms with Gasteiger partial charge in [0.2, 0.25) is 0 Å². The van der Waals surface area contributed by atoms with Gasteiger partial charge < -0.3 is 29.4 Å². The van der Waals surface area contributed by atoms with Gasteiger partial charge in [0.1, 0.15) is 35.8 Å². The van der Waals surface area contributed by atoms with Gasteiger partial charge in [0.05, 0.1) is 62.4 Å². The minimum absolute atomic E-state index is 0.0725. The van der Waals surface area contributed by atoms with E-state index in [0.29, 0.717) is 77.1 Å². The van der Waals surface area contributed by atoms with Gasteiger partial charge in [-0.3, -0.25) is 9.59 Å². The zero-order valence-electron chi connectivity index (χ0n) is 41.7. The summed E-state index contributed by atoms with van der Waals surface area (Å²) in [5, 5.41) is 16.0. The molecule has 11 nitrogen and oxygen atoms in total. The van der Waals surface area contributed by atoms with Crippen LogP contribution in [0.15, 0.2) is 164 Å². The fourth-order valence-electron chi connectivity index (χ4n) is 9.34. The molecule has 0 saturated heterocycles. The maximum atomic E-state index is 14.4. The van der Waals surface area contributed by atoms with Gasteiger partial charge in [0.25, 0.3) is 8.96 Å². The van der Waals surface area contributed by atoms with Crippen LogP contribution in [-0.4, -0.2) is 62.1 Å². The summed E-state index contributed by atoms with van der Waals surface area (Å²) in [7, 11) is 3.39. The first-order chi connectivity index (χ1) is 35.0. The number of hydrogen-bond donors (Lipinski definition) is 2. The number of fused-ring (bicyclic) bond motifs is 2. The Morgan fingerprint density at radius 3 is 1.44 bits per heavy atom. The third-order valence-corrected chi connectivity index (χ3v) is 15.0. The van der Waals surface area contributed by atoms with Crippen molar-refractivity contribution in [1.82, 2.24) is 0 Å². The predicted molar refractivity (Wildman–Crippen MR) is 286 cm³/mol. The summed E-state index contributed by atoms with van der Waals surface area (Å²) in [5.41, 5.74) is 8.13. The van der Waals surface area contributed by atoms with Crippen LogP contribution in [0, 0.1) is 11.3 Å². The summed E-state index contributed by atoms with van der Waals surface area (Å²) < 4.78 is 24.7. The average Bonchev–Trinajstić information content (AvgIpc) is 3.41. The molecule has 0 fully saturated rings. The Morgan fingerprint density at radius 1 is 0.556 bits per heavy atom. The minimum Gasteiger partial charge on any atom is -0.497 e. The lowest BCUT2D eigenvalue weighted by Gasteiger charge is -2.40. The van der Waals surface area contributed by atoms with Crippen LogP contribution in [0.1, 0.15) is 93.8 Å². The summed E-state index contributed by atoms with van der Waals surface area (Å²) in [6, 6.07) is 55.5. The summed E-state index contributed by atoms with van der Waals surface area (Å²) in [5.74, 6) is 1.07. The van der Waals surface area contributed by atoms with Crippen LogP contribution in [0.2, 0.25) is 0 Å². The Kier molecular flexibility index (Phi) is 16.6. The number of nitriles is 1. The zero-order valence-corrected chi connectivity index (χ0v) is 42.7. The van der Waals surface area contributed by atoms with E-state index in [0.717, 1.165) is 50.7 Å². The SMILES string of the molecule is COc1ccc(C(OCCc2ccc(Nc3ccc(Nc4ccc(CCOP[N+](OCCC#N)(C(C)C)C(C)C)cc4)c4c3C(=O)c3ccccc3C4=O)cc2)(c2ccccc2)c2ccc(OC)cc2)cc1. The second-order valence-electron chi connectivity index (χ2n) is 18.2. The Labute approximate surface area is 425 Å². The number of nitrogens with one attached hydrogen (secondary N) is 2. The third kappa shape index (κ3) is 11.0. The highest BCUT2D eigenvalue weighted by molar-refractivity contribution is 7.25. The number of hydrogen-bond acceptors (Lipinski definition) is 10. The molecule has 1 atom stereocenters. The van der Waals surface area contributed by atoms with E-state index in [-0.39, 0.29) is 32.6 Å². The monoisotopic (exact) mass is 981 g/mol. The summed E-state index contributed by atoms with van der Waals surface area (Å²) in [6.07, 6.45) is 1.64. The van der Waals surface area contributed by atoms with Crippen LogP contribution in [0.4, 0.5) is 22.7 Å². The van der Waals surface area contributed by atoms with Crippen molar-refractivity contribution in [3.05, 3.63) is 214 Å². The van der Waals surface area contributed by atoms with Crippen LogP contribution < -0.4 is 20.1 Å². The first-order valence-corrected chi connectivity index (χ1v) is 25.2. The number of benzene rings is 7. The maximum absolute atomic E-state index is 14.4. The molecule has 0 radical (unpaired) electrons. The summed E-state index contributed by atoms with van der Waals surface area (Å²) in [6.45, 7) is 9.71. The average molecular weight is 982 g/mol. The van der Waals surface area contributed by atoms with Gasteiger partial charge in [0, 0.05) is 22.5 Å². The van der Waals surface area contributed by atoms with E-state index in [1.807, 2.05) is 91.0 Å². The van der Waals surface area contributed by atoms with Crippen molar-refractivity contribution in [2.24, 2.45) is 0 Å². The van der Waals surface area contributed by atoms with Crippen LogP contribution >= 0.6 is 8.96 Å². The Balaban J connectivity index is 0.984. The van der Waals surface area contributed by atoms with E-state index in [1.54, 1.807) is 38.5 Å². The number of ketones is 2. The van der Waals surface area contributed by atoms with Crippen LogP contribution in [0.3, 0.4) is 0 Å². The van der Waals surface area contributed by atoms with Crippen molar-refractivity contribution >= 4 is 43.3 Å². The first kappa shape index (κ1) is 51.2. The van der Waals surface area contributed by atoms with Crippen molar-refractivity contribution in [2.45, 2.75) is 64.6 Å². The lowest BCUT2D eigenvalue weighted by atomic mass is 9.80. The largest absolute Gasteiger partial charge is 0.497 e. The predicted octanol–water partition coefficient (Wildman–Crippen LogP) is 13.1. The second kappa shape index (κ2) is 23.4. The molecule has 72 heavy (non-hydrogen) atoms. The van der Waals surface area contributed by atoms with Crippen LogP contribution in [0.25, 0.3) is 0 Å². The molecule has 0 heterocycles. The van der Waals surface area contributed by atoms with Crippen molar-refractivity contribution in [1.29, 1.82) is 5.26 Å². The molecule has 8 rings (SSSR count). The van der Waals surface area contributed by atoms with E-state index >= 15 is 0 Å². The molecule has 0 saturated carbocycles. The normalized spacial score (nSPS) is 12.5. The topological polar surface area (TPSA) is 128 Å². The number of quaternary nitrogens is 1. The number of nitrogens with zero attached hydrogens (tertiary/aromatic N) is 2. The molecule has 0 aromatic heterocycles. The molecule has 0 aliphatic heterocycles. The minimum atomic E-state index is -0.936. The fraction of sp³-hybridized carbons (Fsp3) is 0.250. The standard InChI is InChI=1S/C60H61N4O7P/c1-41(2)64(42(3)4,70-38-12-37-61)72-71-40-36-44-19-27-49(28-20-44)63-55-34-33-54(56-57(55)59(66)53-16-11-10-15-52(53)58(56)65)62-48-25-17-43(18-26-48)35-39-69-60(45-13-8-7-9-14-45,46-21-29-50(67-5)30-22-46)47-23-31-51(68-6)32-24-47/h7-11,13-34,41-42,72H,12,35-36,38-40H2,1-6H3,(H-,62,63,65,66)/p+1. The van der Waals surface area contributed by atoms with Crippen molar-refractivity contribution < 1.29 is 37.6 Å². The molecule has 1 aliphatic rings. The van der Waals surface area contributed by atoms with Crippen LogP contribution in [0.5, 0.6) is 11.5 Å². The highest BCUT2D eigenvalue weighted by Crippen LogP contribution is 2.43. The van der Waals surface area contributed by atoms with Gasteiger partial charge in [-0.25, -0.2) is 0 Å². The van der Waals surface area contributed by atoms with Crippen molar-refractivity contribution in [3.8, 4) is 17.6 Å². The molecular formula is C60H62N4O7P+. The zero-order chi connectivity index (χ0) is 50.7. The van der Waals surface area contributed by atoms with Gasteiger partial charge in [-0.05, 0) is 129 Å².